The molecule has 244 valence electrons. The van der Waals surface area contributed by atoms with Crippen LogP contribution in [0.3, 0.4) is 0 Å². The Morgan fingerprint density at radius 2 is 1.78 bits per heavy atom. The summed E-state index contributed by atoms with van der Waals surface area (Å²) in [6.45, 7) is -1.04. The molecule has 46 heavy (non-hydrogen) atoms. The van der Waals surface area contributed by atoms with Crippen LogP contribution in [-0.4, -0.2) is 70.5 Å². The Balaban J connectivity index is 1.64. The van der Waals surface area contributed by atoms with Crippen LogP contribution in [0, 0.1) is 0 Å². The van der Waals surface area contributed by atoms with Crippen LogP contribution in [-0.2, 0) is 24.1 Å². The number of alkyl halides is 3. The van der Waals surface area contributed by atoms with E-state index in [-0.39, 0.29) is 54.0 Å². The van der Waals surface area contributed by atoms with Crippen molar-refractivity contribution in [3.8, 4) is 11.5 Å². The third kappa shape index (κ3) is 6.53. The van der Waals surface area contributed by atoms with E-state index in [2.05, 4.69) is 5.32 Å². The molecule has 0 aromatic heterocycles. The first-order valence-electron chi connectivity index (χ1n) is 14.1. The highest BCUT2D eigenvalue weighted by Gasteiger charge is 2.51. The number of rotatable bonds is 9. The summed E-state index contributed by atoms with van der Waals surface area (Å²) in [5.41, 5.74) is 0.355. The van der Waals surface area contributed by atoms with Crippen LogP contribution in [0.15, 0.2) is 66.2 Å². The van der Waals surface area contributed by atoms with Gasteiger partial charge >= 0.3 is 6.18 Å². The number of hydrogen-bond donors (Lipinski definition) is 4. The van der Waals surface area contributed by atoms with E-state index >= 15 is 0 Å². The van der Waals surface area contributed by atoms with E-state index in [1.165, 1.54) is 24.2 Å². The van der Waals surface area contributed by atoms with Gasteiger partial charge in [-0.3, -0.25) is 9.59 Å². The van der Waals surface area contributed by atoms with Crippen LogP contribution < -0.4 is 14.8 Å². The van der Waals surface area contributed by atoms with Gasteiger partial charge in [-0.25, -0.2) is 0 Å². The SMILES string of the molecule is COc1cc(CO)cc2c1O[C@@H]1[C@@H](O)[C@H](N(Cc3ccc(Cl)cc3Cl)C(=O)c3ccc(C(F)(F)F)cc3)C=C(C(=O)NCCO)[C@H]21. The second kappa shape index (κ2) is 13.5. The molecule has 5 rings (SSSR count). The summed E-state index contributed by atoms with van der Waals surface area (Å²) in [5.74, 6) is -1.76. The predicted octanol–water partition coefficient (Wildman–Crippen LogP) is 4.48. The van der Waals surface area contributed by atoms with Crippen molar-refractivity contribution in [2.45, 2.75) is 43.5 Å². The summed E-state index contributed by atoms with van der Waals surface area (Å²) in [4.78, 5) is 28.8. The van der Waals surface area contributed by atoms with Gasteiger partial charge in [0.05, 0.1) is 37.8 Å². The number of carbonyl (C=O) groups excluding carboxylic acids is 2. The lowest BCUT2D eigenvalue weighted by atomic mass is 9.77. The number of aliphatic hydroxyl groups is 3. The van der Waals surface area contributed by atoms with Gasteiger partial charge in [0.25, 0.3) is 5.91 Å². The molecule has 0 saturated heterocycles. The summed E-state index contributed by atoms with van der Waals surface area (Å²) in [6.07, 6.45) is -5.83. The molecule has 1 aliphatic heterocycles. The zero-order chi connectivity index (χ0) is 33.3. The number of benzene rings is 3. The lowest BCUT2D eigenvalue weighted by Gasteiger charge is -2.41. The normalized spacial score (nSPS) is 20.2. The number of fused-ring (bicyclic) bond motifs is 3. The minimum atomic E-state index is -4.63. The average molecular weight is 681 g/mol. The highest BCUT2D eigenvalue weighted by atomic mass is 35.5. The molecule has 4 atom stereocenters. The van der Waals surface area contributed by atoms with Gasteiger partial charge in [-0.15, -0.1) is 0 Å². The van der Waals surface area contributed by atoms with Gasteiger partial charge in [0, 0.05) is 39.8 Å². The lowest BCUT2D eigenvalue weighted by Crippen LogP contribution is -2.55. The molecular formula is C32H29Cl2F3N2O7. The van der Waals surface area contributed by atoms with E-state index in [1.54, 1.807) is 24.3 Å². The Kier molecular flexibility index (Phi) is 9.85. The number of carbonyl (C=O) groups is 2. The molecule has 3 aromatic rings. The van der Waals surface area contributed by atoms with Crippen molar-refractivity contribution in [1.29, 1.82) is 0 Å². The van der Waals surface area contributed by atoms with Crippen molar-refractivity contribution in [3.05, 3.63) is 104 Å². The van der Waals surface area contributed by atoms with Crippen molar-refractivity contribution >= 4 is 35.0 Å². The maximum atomic E-state index is 14.1. The maximum absolute atomic E-state index is 14.1. The summed E-state index contributed by atoms with van der Waals surface area (Å²) >= 11 is 12.5. The van der Waals surface area contributed by atoms with Crippen LogP contribution in [0.4, 0.5) is 13.2 Å². The maximum Gasteiger partial charge on any atom is 0.416 e. The van der Waals surface area contributed by atoms with E-state index in [9.17, 15) is 38.1 Å². The van der Waals surface area contributed by atoms with Gasteiger partial charge in [-0.1, -0.05) is 29.3 Å². The van der Waals surface area contributed by atoms with E-state index < -0.39 is 47.7 Å². The van der Waals surface area contributed by atoms with Crippen molar-refractivity contribution in [3.63, 3.8) is 0 Å². The quantitative estimate of drug-likeness (QED) is 0.262. The summed E-state index contributed by atoms with van der Waals surface area (Å²) in [5, 5.41) is 34.2. The van der Waals surface area contributed by atoms with E-state index in [0.717, 1.165) is 24.3 Å². The number of halogens is 5. The fourth-order valence-electron chi connectivity index (χ4n) is 5.73. The van der Waals surface area contributed by atoms with Crippen LogP contribution in [0.1, 0.15) is 38.5 Å². The van der Waals surface area contributed by atoms with Crippen LogP contribution in [0.2, 0.25) is 10.0 Å². The minimum absolute atomic E-state index is 0.0942. The van der Waals surface area contributed by atoms with Gasteiger partial charge in [-0.2, -0.15) is 13.2 Å². The summed E-state index contributed by atoms with van der Waals surface area (Å²) < 4.78 is 51.5. The highest BCUT2D eigenvalue weighted by molar-refractivity contribution is 6.35. The first-order valence-corrected chi connectivity index (χ1v) is 14.8. The van der Waals surface area contributed by atoms with Crippen LogP contribution in [0.5, 0.6) is 11.5 Å². The van der Waals surface area contributed by atoms with E-state index in [4.69, 9.17) is 32.7 Å². The monoisotopic (exact) mass is 680 g/mol. The Hall–Kier alpha value is -3.81. The predicted molar refractivity (Wildman–Crippen MR) is 162 cm³/mol. The molecule has 3 aromatic carbocycles. The minimum Gasteiger partial charge on any atom is -0.493 e. The molecule has 4 N–H and O–H groups in total. The zero-order valence-corrected chi connectivity index (χ0v) is 25.7. The second-order valence-corrected chi connectivity index (χ2v) is 11.6. The van der Waals surface area contributed by atoms with Gasteiger partial charge in [0.15, 0.2) is 11.5 Å². The molecule has 0 saturated carbocycles. The molecule has 2 amide bonds. The number of ether oxygens (including phenoxy) is 2. The Labute approximate surface area is 271 Å². The highest BCUT2D eigenvalue weighted by Crippen LogP contribution is 2.51. The molecule has 1 aliphatic carbocycles. The number of nitrogens with zero attached hydrogens (tertiary/aromatic N) is 1. The fraction of sp³-hybridized carbons (Fsp3) is 0.312. The van der Waals surface area contributed by atoms with E-state index in [0.29, 0.717) is 21.7 Å². The van der Waals surface area contributed by atoms with Crippen molar-refractivity contribution in [2.75, 3.05) is 20.3 Å². The Morgan fingerprint density at radius 3 is 2.39 bits per heavy atom. The molecular weight excluding hydrogens is 652 g/mol. The first-order chi connectivity index (χ1) is 21.9. The molecule has 0 spiro atoms. The third-order valence-corrected chi connectivity index (χ3v) is 8.52. The topological polar surface area (TPSA) is 129 Å². The Morgan fingerprint density at radius 1 is 1.07 bits per heavy atom. The molecule has 0 fully saturated rings. The number of hydrogen-bond acceptors (Lipinski definition) is 7. The second-order valence-electron chi connectivity index (χ2n) is 10.8. The van der Waals surface area contributed by atoms with Gasteiger partial charge in [0.2, 0.25) is 5.91 Å². The molecule has 14 heteroatoms. The van der Waals surface area contributed by atoms with E-state index in [1.807, 2.05) is 0 Å². The standard InChI is InChI=1S/C32H29Cl2F3N2O7/c1-45-25-11-16(15-41)10-21-26-22(30(43)38-8-9-40)13-24(27(42)29(26)46-28(21)25)39(14-18-4-7-20(33)12-23(18)34)31(44)17-2-5-19(6-3-17)32(35,36)37/h2-7,10-13,24,26-27,29,40-42H,8-9,14-15H2,1H3,(H,38,43)/t24-,26+,27+,29+/m1/s1. The third-order valence-electron chi connectivity index (χ3n) is 7.93. The first kappa shape index (κ1) is 33.6. The molecule has 0 unspecified atom stereocenters. The number of nitrogens with one attached hydrogen (secondary N) is 1. The Bertz CT molecular complexity index is 1670. The van der Waals surface area contributed by atoms with Gasteiger partial charge < -0.3 is 35.0 Å². The summed E-state index contributed by atoms with van der Waals surface area (Å²) in [7, 11) is 1.40. The molecule has 1 heterocycles. The molecule has 9 nitrogen and oxygen atoms in total. The van der Waals surface area contributed by atoms with Gasteiger partial charge in [0.1, 0.15) is 12.2 Å². The zero-order valence-electron chi connectivity index (χ0n) is 24.2. The van der Waals surface area contributed by atoms with Gasteiger partial charge in [-0.05, 0) is 65.7 Å². The number of methoxy groups -OCH3 is 1. The largest absolute Gasteiger partial charge is 0.493 e. The number of amides is 2. The summed E-state index contributed by atoms with van der Waals surface area (Å²) in [6, 6.07) is 10.1. The molecule has 0 radical (unpaired) electrons. The fourth-order valence-corrected chi connectivity index (χ4v) is 6.20. The average Bonchev–Trinajstić information content (AvgIpc) is 3.43. The smallest absolute Gasteiger partial charge is 0.416 e. The molecule has 0 bridgehead atoms. The van der Waals surface area contributed by atoms with Crippen molar-refractivity contribution in [2.24, 2.45) is 0 Å². The molecule has 2 aliphatic rings. The van der Waals surface area contributed by atoms with Crippen molar-refractivity contribution in [1.82, 2.24) is 10.2 Å². The number of aliphatic hydroxyl groups excluding tert-OH is 3. The lowest BCUT2D eigenvalue weighted by molar-refractivity contribution is -0.137. The van der Waals surface area contributed by atoms with Crippen LogP contribution in [0.25, 0.3) is 0 Å². The van der Waals surface area contributed by atoms with Crippen molar-refractivity contribution < 1.29 is 47.6 Å². The van der Waals surface area contributed by atoms with Crippen LogP contribution >= 0.6 is 23.2 Å².